The van der Waals surface area contributed by atoms with Crippen LogP contribution in [0.25, 0.3) is 0 Å². The zero-order valence-electron chi connectivity index (χ0n) is 18.4. The molecule has 32 heavy (non-hydrogen) atoms. The lowest BCUT2D eigenvalue weighted by Gasteiger charge is -2.31. The second-order valence-electron chi connectivity index (χ2n) is 7.42. The van der Waals surface area contributed by atoms with Crippen LogP contribution in [0.15, 0.2) is 53.4 Å². The number of hydrogen-bond acceptors (Lipinski definition) is 5. The summed E-state index contributed by atoms with van der Waals surface area (Å²) in [6.07, 6.45) is 0. The molecule has 0 saturated carbocycles. The highest BCUT2D eigenvalue weighted by Crippen LogP contribution is 2.27. The summed E-state index contributed by atoms with van der Waals surface area (Å²) in [5, 5.41) is 9.90. The van der Waals surface area contributed by atoms with Crippen molar-refractivity contribution in [1.82, 2.24) is 4.90 Å². The van der Waals surface area contributed by atoms with Gasteiger partial charge < -0.3 is 14.7 Å². The number of benzene rings is 2. The van der Waals surface area contributed by atoms with Gasteiger partial charge in [0.1, 0.15) is 18.3 Å². The number of carboxylic acids is 1. The van der Waals surface area contributed by atoms with E-state index < -0.39 is 34.5 Å². The zero-order chi connectivity index (χ0) is 24.1. The molecule has 0 fully saturated rings. The summed E-state index contributed by atoms with van der Waals surface area (Å²) in [6, 6.07) is 10.8. The number of rotatable bonds is 10. The van der Waals surface area contributed by atoms with Crippen molar-refractivity contribution in [2.75, 3.05) is 24.5 Å². The molecule has 0 radical (unpaired) electrons. The number of sulfonamides is 1. The summed E-state index contributed by atoms with van der Waals surface area (Å²) in [5.41, 5.74) is 0.224. The van der Waals surface area contributed by atoms with Gasteiger partial charge in [0, 0.05) is 12.1 Å². The van der Waals surface area contributed by atoms with E-state index in [0.717, 1.165) is 9.21 Å². The molecule has 0 saturated heterocycles. The third-order valence-corrected chi connectivity index (χ3v) is 6.85. The van der Waals surface area contributed by atoms with E-state index in [1.165, 1.54) is 55.6 Å². The first kappa shape index (κ1) is 25.5. The zero-order valence-corrected chi connectivity index (χ0v) is 19.9. The molecule has 174 valence electrons. The van der Waals surface area contributed by atoms with Crippen molar-refractivity contribution in [2.24, 2.45) is 5.92 Å². The van der Waals surface area contributed by atoms with Crippen molar-refractivity contribution in [1.29, 1.82) is 0 Å². The summed E-state index contributed by atoms with van der Waals surface area (Å²) in [5.74, 6) is -1.67. The topological polar surface area (TPSA) is 104 Å². The Kier molecular flexibility index (Phi) is 8.51. The van der Waals surface area contributed by atoms with Crippen LogP contribution in [-0.4, -0.2) is 56.5 Å². The standard InChI is InChI=1S/C22H27ClN2O6S/c1-5-31-18-10-12-19(13-11-18)32(29,30)25(17-8-6-16(23)7-9-17)14-20(26)24(4)21(15(2)3)22(27)28/h6-13,15,21H,5,14H2,1-4H3,(H,27,28). The molecule has 2 rings (SSSR count). The molecular formula is C22H27ClN2O6S. The first-order chi connectivity index (χ1) is 15.0. The number of likely N-dealkylation sites (N-methyl/N-ethyl adjacent to an activating group) is 1. The minimum absolute atomic E-state index is 0.0370. The fourth-order valence-corrected chi connectivity index (χ4v) is 4.75. The largest absolute Gasteiger partial charge is 0.494 e. The first-order valence-electron chi connectivity index (χ1n) is 9.98. The monoisotopic (exact) mass is 482 g/mol. The maximum Gasteiger partial charge on any atom is 0.326 e. The highest BCUT2D eigenvalue weighted by Gasteiger charge is 2.33. The van der Waals surface area contributed by atoms with E-state index >= 15 is 0 Å². The number of carbonyl (C=O) groups is 2. The third-order valence-electron chi connectivity index (χ3n) is 4.81. The van der Waals surface area contributed by atoms with Crippen molar-refractivity contribution < 1.29 is 27.9 Å². The van der Waals surface area contributed by atoms with Crippen molar-refractivity contribution in [3.8, 4) is 5.75 Å². The van der Waals surface area contributed by atoms with Crippen LogP contribution in [0.2, 0.25) is 5.02 Å². The van der Waals surface area contributed by atoms with Gasteiger partial charge in [0.05, 0.1) is 17.2 Å². The molecule has 1 N–H and O–H groups in total. The van der Waals surface area contributed by atoms with E-state index in [4.69, 9.17) is 16.3 Å². The molecule has 0 aliphatic heterocycles. The number of hydrogen-bond donors (Lipinski definition) is 1. The van der Waals surface area contributed by atoms with E-state index in [0.29, 0.717) is 17.4 Å². The van der Waals surface area contributed by atoms with Gasteiger partial charge in [-0.05, 0) is 61.4 Å². The number of halogens is 1. The van der Waals surface area contributed by atoms with Gasteiger partial charge in [-0.25, -0.2) is 13.2 Å². The highest BCUT2D eigenvalue weighted by atomic mass is 35.5. The van der Waals surface area contributed by atoms with Gasteiger partial charge >= 0.3 is 5.97 Å². The molecule has 1 atom stereocenters. The van der Waals surface area contributed by atoms with Gasteiger partial charge in [-0.15, -0.1) is 0 Å². The van der Waals surface area contributed by atoms with E-state index in [-0.39, 0.29) is 16.5 Å². The van der Waals surface area contributed by atoms with Gasteiger partial charge in [0.2, 0.25) is 5.91 Å². The van der Waals surface area contributed by atoms with Gasteiger partial charge in [-0.1, -0.05) is 25.4 Å². The summed E-state index contributed by atoms with van der Waals surface area (Å²) in [4.78, 5) is 25.6. The third kappa shape index (κ3) is 5.92. The van der Waals surface area contributed by atoms with Crippen LogP contribution in [0.1, 0.15) is 20.8 Å². The van der Waals surface area contributed by atoms with Crippen molar-refractivity contribution in [2.45, 2.75) is 31.7 Å². The maximum absolute atomic E-state index is 13.4. The molecule has 1 amide bonds. The van der Waals surface area contributed by atoms with E-state index in [1.54, 1.807) is 13.8 Å². The average molecular weight is 483 g/mol. The maximum atomic E-state index is 13.4. The molecule has 2 aromatic carbocycles. The Morgan fingerprint density at radius 3 is 2.09 bits per heavy atom. The van der Waals surface area contributed by atoms with E-state index in [1.807, 2.05) is 6.92 Å². The highest BCUT2D eigenvalue weighted by molar-refractivity contribution is 7.92. The number of carboxylic acid groups (broad SMARTS) is 1. The van der Waals surface area contributed by atoms with Crippen LogP contribution in [0.3, 0.4) is 0 Å². The lowest BCUT2D eigenvalue weighted by atomic mass is 10.0. The predicted molar refractivity (Wildman–Crippen MR) is 123 cm³/mol. The summed E-state index contributed by atoms with van der Waals surface area (Å²) < 4.78 is 33.2. The van der Waals surface area contributed by atoms with E-state index in [9.17, 15) is 23.1 Å². The van der Waals surface area contributed by atoms with Crippen molar-refractivity contribution >= 4 is 39.2 Å². The Bertz CT molecular complexity index is 1040. The predicted octanol–water partition coefficient (Wildman–Crippen LogP) is 3.50. The van der Waals surface area contributed by atoms with Crippen LogP contribution in [0, 0.1) is 5.92 Å². The Morgan fingerprint density at radius 1 is 1.06 bits per heavy atom. The van der Waals surface area contributed by atoms with Crippen LogP contribution in [0.5, 0.6) is 5.75 Å². The molecule has 1 unspecified atom stereocenters. The smallest absolute Gasteiger partial charge is 0.326 e. The molecule has 0 aliphatic carbocycles. The van der Waals surface area contributed by atoms with Gasteiger partial charge in [-0.2, -0.15) is 0 Å². The minimum Gasteiger partial charge on any atom is -0.494 e. The Morgan fingerprint density at radius 2 is 1.62 bits per heavy atom. The molecule has 0 spiro atoms. The SMILES string of the molecule is CCOc1ccc(S(=O)(=O)N(CC(=O)N(C)C(C(=O)O)C(C)C)c2ccc(Cl)cc2)cc1. The van der Waals surface area contributed by atoms with Crippen LogP contribution in [0.4, 0.5) is 5.69 Å². The van der Waals surface area contributed by atoms with Gasteiger partial charge in [-0.3, -0.25) is 9.10 Å². The quantitative estimate of drug-likeness (QED) is 0.555. The number of amides is 1. The average Bonchev–Trinajstić information content (AvgIpc) is 2.72. The van der Waals surface area contributed by atoms with Gasteiger partial charge in [0.15, 0.2) is 0 Å². The van der Waals surface area contributed by atoms with Crippen LogP contribution < -0.4 is 9.04 Å². The summed E-state index contributed by atoms with van der Waals surface area (Å²) in [7, 11) is -2.80. The second-order valence-corrected chi connectivity index (χ2v) is 9.72. The molecule has 8 nitrogen and oxygen atoms in total. The molecule has 0 heterocycles. The van der Waals surface area contributed by atoms with Crippen molar-refractivity contribution in [3.05, 3.63) is 53.6 Å². The normalized spacial score (nSPS) is 12.3. The van der Waals surface area contributed by atoms with Crippen molar-refractivity contribution in [3.63, 3.8) is 0 Å². The molecule has 10 heteroatoms. The second kappa shape index (κ2) is 10.7. The Balaban J connectivity index is 2.45. The lowest BCUT2D eigenvalue weighted by Crippen LogP contribution is -2.50. The number of nitrogens with zero attached hydrogens (tertiary/aromatic N) is 2. The lowest BCUT2D eigenvalue weighted by molar-refractivity contribution is -0.150. The first-order valence-corrected chi connectivity index (χ1v) is 11.8. The number of carbonyl (C=O) groups excluding carboxylic acids is 1. The minimum atomic E-state index is -4.15. The molecule has 0 aliphatic rings. The van der Waals surface area contributed by atoms with Crippen LogP contribution >= 0.6 is 11.6 Å². The van der Waals surface area contributed by atoms with E-state index in [2.05, 4.69) is 0 Å². The Hall–Kier alpha value is -2.78. The summed E-state index contributed by atoms with van der Waals surface area (Å²) in [6.45, 7) is 5.03. The Labute approximate surface area is 193 Å². The molecular weight excluding hydrogens is 456 g/mol. The number of ether oxygens (including phenoxy) is 1. The fraction of sp³-hybridized carbons (Fsp3) is 0.364. The van der Waals surface area contributed by atoms with Crippen LogP contribution in [-0.2, 0) is 19.6 Å². The number of aliphatic carboxylic acids is 1. The van der Waals surface area contributed by atoms with Gasteiger partial charge in [0.25, 0.3) is 10.0 Å². The molecule has 0 aromatic heterocycles. The fourth-order valence-electron chi connectivity index (χ4n) is 3.21. The number of anilines is 1. The summed E-state index contributed by atoms with van der Waals surface area (Å²) >= 11 is 5.94. The molecule has 0 bridgehead atoms. The molecule has 2 aromatic rings.